The third kappa shape index (κ3) is 5.60. The Labute approximate surface area is 113 Å². The Kier molecular flexibility index (Phi) is 6.23. The molecular weight excluding hydrogens is 326 g/mol. The van der Waals surface area contributed by atoms with E-state index in [9.17, 15) is 0 Å². The topological polar surface area (TPSA) is 0 Å². The summed E-state index contributed by atoms with van der Waals surface area (Å²) in [7, 11) is 0. The van der Waals surface area contributed by atoms with Gasteiger partial charge in [-0.25, -0.2) is 0 Å². The first-order chi connectivity index (χ1) is 7.53. The SMILES string of the molecule is CCCC[Se]C1=C(C#CC(C)(C)C)CC[Se]1. The van der Waals surface area contributed by atoms with E-state index in [-0.39, 0.29) is 5.41 Å². The average molecular weight is 348 g/mol. The van der Waals surface area contributed by atoms with E-state index in [2.05, 4.69) is 39.5 Å². The van der Waals surface area contributed by atoms with E-state index in [0.29, 0.717) is 0 Å². The molecule has 1 rings (SSSR count). The summed E-state index contributed by atoms with van der Waals surface area (Å²) in [6, 6.07) is 0. The van der Waals surface area contributed by atoms with Crippen LogP contribution in [-0.4, -0.2) is 29.9 Å². The average Bonchev–Trinajstić information content (AvgIpc) is 2.62. The number of hydrogen-bond donors (Lipinski definition) is 0. The second kappa shape index (κ2) is 6.93. The fourth-order valence-corrected chi connectivity index (χ4v) is 7.85. The van der Waals surface area contributed by atoms with Crippen molar-refractivity contribution in [3.63, 3.8) is 0 Å². The Morgan fingerprint density at radius 1 is 1.38 bits per heavy atom. The van der Waals surface area contributed by atoms with Crippen molar-refractivity contribution >= 4 is 29.9 Å². The van der Waals surface area contributed by atoms with Crippen LogP contribution in [0.1, 0.15) is 47.0 Å². The fourth-order valence-electron chi connectivity index (χ4n) is 1.25. The van der Waals surface area contributed by atoms with Gasteiger partial charge in [-0.1, -0.05) is 0 Å². The van der Waals surface area contributed by atoms with Gasteiger partial charge in [0.15, 0.2) is 0 Å². The third-order valence-corrected chi connectivity index (χ3v) is 8.75. The summed E-state index contributed by atoms with van der Waals surface area (Å²) in [5.74, 6) is 6.86. The van der Waals surface area contributed by atoms with Crippen molar-refractivity contribution in [1.29, 1.82) is 0 Å². The third-order valence-electron chi connectivity index (χ3n) is 2.15. The van der Waals surface area contributed by atoms with Crippen LogP contribution in [0.5, 0.6) is 0 Å². The van der Waals surface area contributed by atoms with Crippen LogP contribution < -0.4 is 0 Å². The van der Waals surface area contributed by atoms with Gasteiger partial charge in [-0.05, 0) is 0 Å². The van der Waals surface area contributed by atoms with E-state index < -0.39 is 0 Å². The molecular formula is C14H22Se2. The van der Waals surface area contributed by atoms with Gasteiger partial charge in [-0.15, -0.1) is 0 Å². The first kappa shape index (κ1) is 14.4. The molecule has 0 unspecified atom stereocenters. The number of allylic oxidation sites excluding steroid dienone is 1. The first-order valence-corrected chi connectivity index (χ1v) is 10.2. The van der Waals surface area contributed by atoms with Crippen molar-refractivity contribution < 1.29 is 0 Å². The van der Waals surface area contributed by atoms with Gasteiger partial charge in [0.1, 0.15) is 0 Å². The predicted octanol–water partition coefficient (Wildman–Crippen LogP) is 3.70. The standard InChI is InChI=1S/C14H22Se2/c1-5-6-10-15-13-12(8-11-16-13)7-9-14(2,3)4/h5-6,8,10-11H2,1-4H3. The monoisotopic (exact) mass is 350 g/mol. The van der Waals surface area contributed by atoms with Crippen LogP contribution in [0.3, 0.4) is 0 Å². The van der Waals surface area contributed by atoms with Crippen LogP contribution in [0.4, 0.5) is 0 Å². The molecule has 1 heterocycles. The minimum absolute atomic E-state index is 0.157. The molecule has 0 aromatic heterocycles. The van der Waals surface area contributed by atoms with Gasteiger partial charge < -0.3 is 0 Å². The maximum absolute atomic E-state index is 3.46. The zero-order valence-corrected chi connectivity index (χ0v) is 14.3. The summed E-state index contributed by atoms with van der Waals surface area (Å²) in [5.41, 5.74) is 1.68. The van der Waals surface area contributed by atoms with Gasteiger partial charge in [0, 0.05) is 0 Å². The van der Waals surface area contributed by atoms with Gasteiger partial charge in [-0.2, -0.15) is 0 Å². The van der Waals surface area contributed by atoms with E-state index in [1.165, 1.54) is 35.5 Å². The molecule has 0 atom stereocenters. The molecule has 0 bridgehead atoms. The van der Waals surface area contributed by atoms with E-state index in [4.69, 9.17) is 0 Å². The fraction of sp³-hybridized carbons (Fsp3) is 0.714. The molecule has 90 valence electrons. The zero-order valence-electron chi connectivity index (χ0n) is 10.9. The van der Waals surface area contributed by atoms with Gasteiger partial charge in [-0.3, -0.25) is 0 Å². The van der Waals surface area contributed by atoms with Gasteiger partial charge in [0.2, 0.25) is 0 Å². The molecule has 0 aliphatic carbocycles. The summed E-state index contributed by atoms with van der Waals surface area (Å²) in [5, 5.41) is 2.84. The Morgan fingerprint density at radius 3 is 2.75 bits per heavy atom. The Bertz CT molecular complexity index is 310. The van der Waals surface area contributed by atoms with Crippen LogP contribution >= 0.6 is 0 Å². The van der Waals surface area contributed by atoms with E-state index >= 15 is 0 Å². The Hall–Kier alpha value is 0.339. The van der Waals surface area contributed by atoms with Gasteiger partial charge in [0.05, 0.1) is 0 Å². The van der Waals surface area contributed by atoms with Crippen molar-refractivity contribution in [2.24, 2.45) is 5.41 Å². The van der Waals surface area contributed by atoms with E-state index in [1.807, 2.05) is 0 Å². The van der Waals surface area contributed by atoms with Gasteiger partial charge in [0.25, 0.3) is 0 Å². The van der Waals surface area contributed by atoms with Crippen molar-refractivity contribution in [3.05, 3.63) is 8.94 Å². The molecule has 0 spiro atoms. The van der Waals surface area contributed by atoms with Crippen LogP contribution in [-0.2, 0) is 0 Å². The summed E-state index contributed by atoms with van der Waals surface area (Å²) < 4.78 is 1.78. The molecule has 1 aliphatic heterocycles. The number of rotatable bonds is 4. The molecule has 0 aromatic carbocycles. The van der Waals surface area contributed by atoms with E-state index in [1.54, 1.807) is 3.37 Å². The molecule has 2 heteroatoms. The summed E-state index contributed by atoms with van der Waals surface area (Å²) >= 11 is 1.55. The van der Waals surface area contributed by atoms with E-state index in [0.717, 1.165) is 29.9 Å². The molecule has 0 aromatic rings. The molecule has 0 amide bonds. The molecule has 0 radical (unpaired) electrons. The number of unbranched alkanes of at least 4 members (excludes halogenated alkanes) is 1. The van der Waals surface area contributed by atoms with Crippen molar-refractivity contribution in [1.82, 2.24) is 0 Å². The Morgan fingerprint density at radius 2 is 2.12 bits per heavy atom. The maximum atomic E-state index is 3.46. The molecule has 0 nitrogen and oxygen atoms in total. The molecule has 0 N–H and O–H groups in total. The summed E-state index contributed by atoms with van der Waals surface area (Å²) in [6.45, 7) is 8.87. The van der Waals surface area contributed by atoms with Crippen molar-refractivity contribution in [3.8, 4) is 11.8 Å². The van der Waals surface area contributed by atoms with Gasteiger partial charge >= 0.3 is 114 Å². The molecule has 16 heavy (non-hydrogen) atoms. The van der Waals surface area contributed by atoms with Crippen molar-refractivity contribution in [2.45, 2.75) is 57.6 Å². The molecule has 0 saturated carbocycles. The molecule has 0 saturated heterocycles. The Balaban J connectivity index is 2.59. The van der Waals surface area contributed by atoms with Crippen LogP contribution in [0.25, 0.3) is 0 Å². The number of hydrogen-bond acceptors (Lipinski definition) is 0. The minimum atomic E-state index is 0.157. The second-order valence-electron chi connectivity index (χ2n) is 5.07. The molecule has 0 fully saturated rings. The first-order valence-electron chi connectivity index (χ1n) is 6.05. The van der Waals surface area contributed by atoms with Crippen LogP contribution in [0.15, 0.2) is 8.94 Å². The normalized spacial score (nSPS) is 16.2. The van der Waals surface area contributed by atoms with Crippen LogP contribution in [0, 0.1) is 17.3 Å². The van der Waals surface area contributed by atoms with Crippen molar-refractivity contribution in [2.75, 3.05) is 0 Å². The predicted molar refractivity (Wildman–Crippen MR) is 74.9 cm³/mol. The molecule has 1 aliphatic rings. The summed E-state index contributed by atoms with van der Waals surface area (Å²) in [4.78, 5) is 0. The quantitative estimate of drug-likeness (QED) is 0.413. The summed E-state index contributed by atoms with van der Waals surface area (Å²) in [6.07, 6.45) is 4.01. The zero-order chi connectivity index (χ0) is 12.0. The second-order valence-corrected chi connectivity index (χ2v) is 11.0. The van der Waals surface area contributed by atoms with Crippen LogP contribution in [0.2, 0.25) is 10.6 Å².